The van der Waals surface area contributed by atoms with Crippen molar-refractivity contribution in [2.24, 2.45) is 5.92 Å². The van der Waals surface area contributed by atoms with E-state index in [1.165, 1.54) is 0 Å². The molecule has 2 saturated heterocycles. The minimum atomic E-state index is -1.13. The summed E-state index contributed by atoms with van der Waals surface area (Å²) in [6.07, 6.45) is 0.275. The normalized spacial score (nSPS) is 50.5. The number of epoxide rings is 1. The van der Waals surface area contributed by atoms with Crippen LogP contribution in [0.15, 0.2) is 0 Å². The summed E-state index contributed by atoms with van der Waals surface area (Å²) < 4.78 is 19.6. The fraction of sp³-hybridized carbons (Fsp3) is 1.00. The smallest absolute Gasteiger partial charge is 0.145 e. The first-order chi connectivity index (χ1) is 6.18. The molecule has 0 aromatic rings. The van der Waals surface area contributed by atoms with Crippen LogP contribution in [0.25, 0.3) is 0 Å². The molecule has 2 rings (SSSR count). The largest absolute Gasteiger partial charge is 0.350 e. The number of alkyl halides is 1. The number of ether oxygens (including phenoxy) is 1. The van der Waals surface area contributed by atoms with E-state index in [2.05, 4.69) is 10.6 Å². The first-order valence-corrected chi connectivity index (χ1v) is 4.91. The lowest BCUT2D eigenvalue weighted by Crippen LogP contribution is -2.50. The number of hydrogen-bond acceptors (Lipinski definition) is 3. The predicted molar refractivity (Wildman–Crippen MR) is 48.2 cm³/mol. The zero-order valence-electron chi connectivity index (χ0n) is 8.14. The highest BCUT2D eigenvalue weighted by atomic mass is 19.1. The molecule has 0 spiro atoms. The van der Waals surface area contributed by atoms with Gasteiger partial charge in [0, 0.05) is 12.5 Å². The van der Waals surface area contributed by atoms with Gasteiger partial charge in [0.15, 0.2) is 0 Å². The van der Waals surface area contributed by atoms with E-state index in [9.17, 15) is 4.39 Å². The van der Waals surface area contributed by atoms with Gasteiger partial charge in [-0.15, -0.1) is 0 Å². The third kappa shape index (κ3) is 1.47. The molecular weight excluding hydrogens is 171 g/mol. The van der Waals surface area contributed by atoms with Crippen molar-refractivity contribution in [1.82, 2.24) is 10.6 Å². The molecule has 0 aromatic carbocycles. The lowest BCUT2D eigenvalue weighted by molar-refractivity contribution is 0.0278. The Bertz CT molecular complexity index is 202. The number of hydrogen-bond donors (Lipinski definition) is 2. The summed E-state index contributed by atoms with van der Waals surface area (Å²) in [4.78, 5) is 0. The predicted octanol–water partition coefficient (Wildman–Crippen LogP) is 0.268. The van der Waals surface area contributed by atoms with Crippen LogP contribution in [-0.2, 0) is 4.74 Å². The second-order valence-corrected chi connectivity index (χ2v) is 4.05. The van der Waals surface area contributed by atoms with Crippen LogP contribution in [0, 0.1) is 5.92 Å². The van der Waals surface area contributed by atoms with Crippen molar-refractivity contribution in [3.63, 3.8) is 0 Å². The molecule has 13 heavy (non-hydrogen) atoms. The van der Waals surface area contributed by atoms with Crippen LogP contribution in [0.3, 0.4) is 0 Å². The average Bonchev–Trinajstić information content (AvgIpc) is 2.89. The highest BCUT2D eigenvalue weighted by molar-refractivity contribution is 5.05. The lowest BCUT2D eigenvalue weighted by Gasteiger charge is -2.35. The lowest BCUT2D eigenvalue weighted by atomic mass is 9.82. The maximum absolute atomic E-state index is 14.4. The maximum Gasteiger partial charge on any atom is 0.145 e. The number of halogens is 1. The minimum absolute atomic E-state index is 0.0459. The number of piperidine rings is 1. The molecule has 2 N–H and O–H groups in total. The highest BCUT2D eigenvalue weighted by Crippen LogP contribution is 2.42. The number of nitrogens with one attached hydrogen (secondary N) is 2. The van der Waals surface area contributed by atoms with Gasteiger partial charge in [-0.1, -0.05) is 6.92 Å². The van der Waals surface area contributed by atoms with Crippen LogP contribution in [0.4, 0.5) is 4.39 Å². The Morgan fingerprint density at radius 1 is 1.62 bits per heavy atom. The standard InChI is InChI=1S/C9H17FN2O/c1-6-5-12-4-3-9(6,10)7-8(11-2)13-7/h6-8,11-12H,3-5H2,1-2H3/t6-,7?,8?,9-/m0/s1. The summed E-state index contributed by atoms with van der Waals surface area (Å²) in [5, 5.41) is 6.14. The molecule has 0 aromatic heterocycles. The molecule has 3 nitrogen and oxygen atoms in total. The van der Waals surface area contributed by atoms with E-state index in [0.717, 1.165) is 13.1 Å². The average molecular weight is 188 g/mol. The van der Waals surface area contributed by atoms with Crippen LogP contribution >= 0.6 is 0 Å². The van der Waals surface area contributed by atoms with Crippen LogP contribution in [0.5, 0.6) is 0 Å². The first-order valence-electron chi connectivity index (χ1n) is 4.91. The zero-order valence-corrected chi connectivity index (χ0v) is 8.14. The molecule has 4 atom stereocenters. The quantitative estimate of drug-likeness (QED) is 0.611. The fourth-order valence-corrected chi connectivity index (χ4v) is 2.13. The SMILES string of the molecule is CNC1OC1[C@]1(F)CCNC[C@@H]1C. The molecule has 2 fully saturated rings. The van der Waals surface area contributed by atoms with E-state index in [1.807, 2.05) is 6.92 Å². The Hall–Kier alpha value is -0.190. The van der Waals surface area contributed by atoms with Gasteiger partial charge in [-0.05, 0) is 20.0 Å². The molecular formula is C9H17FN2O. The van der Waals surface area contributed by atoms with E-state index in [1.54, 1.807) is 7.05 Å². The Balaban J connectivity index is 2.01. The molecule has 2 unspecified atom stereocenters. The molecule has 0 aliphatic carbocycles. The molecule has 0 amide bonds. The van der Waals surface area contributed by atoms with Gasteiger partial charge in [-0.2, -0.15) is 0 Å². The minimum Gasteiger partial charge on any atom is -0.350 e. The van der Waals surface area contributed by atoms with Crippen molar-refractivity contribution in [3.05, 3.63) is 0 Å². The van der Waals surface area contributed by atoms with E-state index < -0.39 is 5.67 Å². The topological polar surface area (TPSA) is 36.6 Å². The maximum atomic E-state index is 14.4. The van der Waals surface area contributed by atoms with Gasteiger partial charge < -0.3 is 10.1 Å². The van der Waals surface area contributed by atoms with Crippen molar-refractivity contribution in [2.45, 2.75) is 31.3 Å². The summed E-state index contributed by atoms with van der Waals surface area (Å²) in [7, 11) is 1.81. The molecule has 0 radical (unpaired) electrons. The first kappa shape index (κ1) is 9.37. The fourth-order valence-electron chi connectivity index (χ4n) is 2.13. The van der Waals surface area contributed by atoms with Crippen molar-refractivity contribution in [1.29, 1.82) is 0 Å². The summed E-state index contributed by atoms with van der Waals surface area (Å²) in [5.41, 5.74) is -1.13. The molecule has 76 valence electrons. The van der Waals surface area contributed by atoms with E-state index in [0.29, 0.717) is 6.42 Å². The second kappa shape index (κ2) is 3.19. The Kier molecular flexibility index (Phi) is 2.30. The zero-order chi connectivity index (χ0) is 9.47. The molecule has 2 heterocycles. The van der Waals surface area contributed by atoms with Crippen LogP contribution in [0.1, 0.15) is 13.3 Å². The molecule has 4 heteroatoms. The van der Waals surface area contributed by atoms with Gasteiger partial charge in [0.25, 0.3) is 0 Å². The van der Waals surface area contributed by atoms with Crippen LogP contribution in [0.2, 0.25) is 0 Å². The third-order valence-corrected chi connectivity index (χ3v) is 3.20. The van der Waals surface area contributed by atoms with Gasteiger partial charge in [0.2, 0.25) is 0 Å². The Morgan fingerprint density at radius 2 is 2.38 bits per heavy atom. The van der Waals surface area contributed by atoms with Crippen molar-refractivity contribution in [2.75, 3.05) is 20.1 Å². The van der Waals surface area contributed by atoms with Crippen LogP contribution < -0.4 is 10.6 Å². The molecule has 2 aliphatic heterocycles. The highest BCUT2D eigenvalue weighted by Gasteiger charge is 2.58. The van der Waals surface area contributed by atoms with E-state index >= 15 is 0 Å². The summed E-state index contributed by atoms with van der Waals surface area (Å²) in [5.74, 6) is 0.0459. The van der Waals surface area contributed by atoms with Gasteiger partial charge >= 0.3 is 0 Å². The van der Waals surface area contributed by atoms with Crippen LogP contribution in [-0.4, -0.2) is 38.1 Å². The summed E-state index contributed by atoms with van der Waals surface area (Å²) in [6.45, 7) is 3.46. The summed E-state index contributed by atoms with van der Waals surface area (Å²) >= 11 is 0. The van der Waals surface area contributed by atoms with Crippen molar-refractivity contribution in [3.8, 4) is 0 Å². The molecule has 0 saturated carbocycles. The monoisotopic (exact) mass is 188 g/mol. The Labute approximate surface area is 78.0 Å². The van der Waals surface area contributed by atoms with Crippen molar-refractivity contribution < 1.29 is 9.13 Å². The number of likely N-dealkylation sites (N-methyl/N-ethyl adjacent to an activating group) is 1. The number of rotatable bonds is 2. The van der Waals surface area contributed by atoms with E-state index in [4.69, 9.17) is 4.74 Å². The van der Waals surface area contributed by atoms with Crippen molar-refractivity contribution >= 4 is 0 Å². The van der Waals surface area contributed by atoms with E-state index in [-0.39, 0.29) is 18.2 Å². The van der Waals surface area contributed by atoms with Gasteiger partial charge in [0.1, 0.15) is 18.0 Å². The second-order valence-electron chi connectivity index (χ2n) is 4.05. The molecule has 2 aliphatic rings. The Morgan fingerprint density at radius 3 is 2.92 bits per heavy atom. The third-order valence-electron chi connectivity index (χ3n) is 3.20. The summed E-state index contributed by atoms with van der Waals surface area (Å²) in [6, 6.07) is 0. The molecule has 0 bridgehead atoms. The van der Waals surface area contributed by atoms with Gasteiger partial charge in [0.05, 0.1) is 0 Å². The van der Waals surface area contributed by atoms with Gasteiger partial charge in [-0.25, -0.2) is 4.39 Å². The van der Waals surface area contributed by atoms with Gasteiger partial charge in [-0.3, -0.25) is 5.32 Å².